The number of nitrogens with zero attached hydrogens (tertiary/aromatic N) is 5. The molecule has 1 saturated heterocycles. The van der Waals surface area contributed by atoms with Crippen molar-refractivity contribution in [3.05, 3.63) is 75.7 Å². The number of hydrogen-bond acceptors (Lipinski definition) is 8. The molecule has 196 valence electrons. The standard InChI is InChI=1S/C28H29N5O4S/c1-5-6-7-15-37-20-12-10-19(11-13-20)23-21(25(35)27(36)33(23)28-31-30-18(4)38-28)24(34)22-17(3)32-14-8-9-16(2)26(32)29-22/h8-14,23,34H,5-7,15H2,1-4H3. The number of amides is 1. The van der Waals surface area contributed by atoms with Crippen LogP contribution in [0.3, 0.4) is 0 Å². The van der Waals surface area contributed by atoms with Crippen LogP contribution >= 0.6 is 11.3 Å². The molecule has 1 aliphatic rings. The lowest BCUT2D eigenvalue weighted by Gasteiger charge is -2.22. The van der Waals surface area contributed by atoms with E-state index in [1.54, 1.807) is 19.1 Å². The fraction of sp³-hybridized carbons (Fsp3) is 0.321. The predicted octanol–water partition coefficient (Wildman–Crippen LogP) is 5.31. The van der Waals surface area contributed by atoms with Crippen molar-refractivity contribution in [1.82, 2.24) is 19.6 Å². The van der Waals surface area contributed by atoms with Crippen LogP contribution in [0.5, 0.6) is 5.75 Å². The van der Waals surface area contributed by atoms with Crippen LogP contribution in [-0.4, -0.2) is 43.0 Å². The highest BCUT2D eigenvalue weighted by molar-refractivity contribution is 7.15. The quantitative estimate of drug-likeness (QED) is 0.142. The Morgan fingerprint density at radius 1 is 1.08 bits per heavy atom. The summed E-state index contributed by atoms with van der Waals surface area (Å²) >= 11 is 1.21. The van der Waals surface area contributed by atoms with Gasteiger partial charge >= 0.3 is 5.91 Å². The van der Waals surface area contributed by atoms with Crippen molar-refractivity contribution in [2.45, 2.75) is 53.0 Å². The summed E-state index contributed by atoms with van der Waals surface area (Å²) in [6.07, 6.45) is 5.01. The summed E-state index contributed by atoms with van der Waals surface area (Å²) in [7, 11) is 0. The van der Waals surface area contributed by atoms with Crippen LogP contribution in [0, 0.1) is 20.8 Å². The van der Waals surface area contributed by atoms with Crippen LogP contribution in [0.25, 0.3) is 11.4 Å². The first-order chi connectivity index (χ1) is 18.3. The molecule has 1 amide bonds. The minimum atomic E-state index is -0.901. The number of ether oxygens (including phenoxy) is 1. The maximum Gasteiger partial charge on any atom is 0.301 e. The number of fused-ring (bicyclic) bond motifs is 1. The van der Waals surface area contributed by atoms with Crippen LogP contribution < -0.4 is 9.64 Å². The Hall–Kier alpha value is -4.05. The molecule has 1 atom stereocenters. The summed E-state index contributed by atoms with van der Waals surface area (Å²) in [6.45, 7) is 8.27. The van der Waals surface area contributed by atoms with Crippen molar-refractivity contribution < 1.29 is 19.4 Å². The molecule has 0 spiro atoms. The Morgan fingerprint density at radius 3 is 2.50 bits per heavy atom. The number of carbonyl (C=O) groups excluding carboxylic acids is 2. The number of aliphatic hydroxyl groups is 1. The van der Waals surface area contributed by atoms with Crippen molar-refractivity contribution in [2.24, 2.45) is 0 Å². The molecule has 3 aromatic heterocycles. The van der Waals surface area contributed by atoms with Gasteiger partial charge in [-0.1, -0.05) is 49.3 Å². The number of rotatable bonds is 8. The molecule has 4 heterocycles. The lowest BCUT2D eigenvalue weighted by atomic mass is 9.96. The van der Waals surface area contributed by atoms with E-state index >= 15 is 0 Å². The maximum atomic E-state index is 13.4. The fourth-order valence-electron chi connectivity index (χ4n) is 4.69. The van der Waals surface area contributed by atoms with E-state index in [1.807, 2.05) is 48.7 Å². The first-order valence-electron chi connectivity index (χ1n) is 12.6. The third-order valence-corrected chi connectivity index (χ3v) is 7.52. The van der Waals surface area contributed by atoms with Gasteiger partial charge in [0.15, 0.2) is 5.76 Å². The number of aryl methyl sites for hydroxylation is 3. The molecule has 1 aromatic carbocycles. The Kier molecular flexibility index (Phi) is 6.98. The highest BCUT2D eigenvalue weighted by atomic mass is 32.1. The first-order valence-corrected chi connectivity index (χ1v) is 13.4. The molecular weight excluding hydrogens is 502 g/mol. The van der Waals surface area contributed by atoms with E-state index in [1.165, 1.54) is 16.2 Å². The van der Waals surface area contributed by atoms with Crippen molar-refractivity contribution in [1.29, 1.82) is 0 Å². The molecule has 38 heavy (non-hydrogen) atoms. The number of ketones is 1. The summed E-state index contributed by atoms with van der Waals surface area (Å²) in [4.78, 5) is 32.7. The highest BCUT2D eigenvalue weighted by Crippen LogP contribution is 2.43. The summed E-state index contributed by atoms with van der Waals surface area (Å²) in [5.41, 5.74) is 3.10. The number of anilines is 1. The molecule has 1 unspecified atom stereocenters. The second-order valence-corrected chi connectivity index (χ2v) is 10.5. The van der Waals surface area contributed by atoms with Crippen molar-refractivity contribution in [3.63, 3.8) is 0 Å². The smallest absolute Gasteiger partial charge is 0.301 e. The highest BCUT2D eigenvalue weighted by Gasteiger charge is 2.48. The molecule has 1 fully saturated rings. The molecular formula is C28H29N5O4S. The Morgan fingerprint density at radius 2 is 1.84 bits per heavy atom. The number of aliphatic hydroxyl groups excluding tert-OH is 1. The minimum absolute atomic E-state index is 0.0383. The zero-order valence-corrected chi connectivity index (χ0v) is 22.6. The van der Waals surface area contributed by atoms with E-state index in [0.29, 0.717) is 34.3 Å². The van der Waals surface area contributed by atoms with E-state index < -0.39 is 17.7 Å². The van der Waals surface area contributed by atoms with Crippen molar-refractivity contribution >= 4 is 39.6 Å². The SMILES string of the molecule is CCCCCOc1ccc(C2C(=C(O)c3nc4c(C)cccn4c3C)C(=O)C(=O)N2c2nnc(C)s2)cc1. The molecule has 0 radical (unpaired) electrons. The third-order valence-electron chi connectivity index (χ3n) is 6.69. The molecule has 0 saturated carbocycles. The topological polar surface area (TPSA) is 110 Å². The number of unbranched alkanes of at least 4 members (excludes halogenated alkanes) is 2. The summed E-state index contributed by atoms with van der Waals surface area (Å²) in [5.74, 6) is -1.20. The van der Waals surface area contributed by atoms with Gasteiger partial charge in [-0.15, -0.1) is 10.2 Å². The molecule has 9 nitrogen and oxygen atoms in total. The lowest BCUT2D eigenvalue weighted by molar-refractivity contribution is -0.132. The molecule has 4 aromatic rings. The molecule has 1 aliphatic heterocycles. The van der Waals surface area contributed by atoms with Gasteiger partial charge in [-0.3, -0.25) is 14.5 Å². The average Bonchev–Trinajstić information content (AvgIpc) is 3.57. The third kappa shape index (κ3) is 4.45. The van der Waals surface area contributed by atoms with Gasteiger partial charge in [0, 0.05) is 6.20 Å². The Labute approximate surface area is 224 Å². The van der Waals surface area contributed by atoms with Crippen molar-refractivity contribution in [2.75, 3.05) is 11.5 Å². The van der Waals surface area contributed by atoms with Crippen molar-refractivity contribution in [3.8, 4) is 5.75 Å². The van der Waals surface area contributed by atoms with Crippen LogP contribution in [0.4, 0.5) is 5.13 Å². The minimum Gasteiger partial charge on any atom is -0.505 e. The van der Waals surface area contributed by atoms with Gasteiger partial charge in [-0.2, -0.15) is 0 Å². The van der Waals surface area contributed by atoms with Gasteiger partial charge in [-0.25, -0.2) is 4.98 Å². The molecule has 1 N–H and O–H groups in total. The van der Waals surface area contributed by atoms with Crippen LogP contribution in [0.15, 0.2) is 48.2 Å². The number of hydrogen-bond donors (Lipinski definition) is 1. The summed E-state index contributed by atoms with van der Waals surface area (Å²) in [6, 6.07) is 10.2. The Balaban J connectivity index is 1.62. The van der Waals surface area contributed by atoms with Gasteiger partial charge in [0.25, 0.3) is 5.78 Å². The van der Waals surface area contributed by atoms with Crippen LogP contribution in [0.1, 0.15) is 59.8 Å². The number of carbonyl (C=O) groups is 2. The normalized spacial score (nSPS) is 17.1. The van der Waals surface area contributed by atoms with E-state index in [4.69, 9.17) is 4.74 Å². The zero-order chi connectivity index (χ0) is 27.0. The number of imidazole rings is 1. The van der Waals surface area contributed by atoms with E-state index in [9.17, 15) is 14.7 Å². The van der Waals surface area contributed by atoms with E-state index in [2.05, 4.69) is 22.1 Å². The largest absolute Gasteiger partial charge is 0.505 e. The Bertz CT molecular complexity index is 1550. The van der Waals surface area contributed by atoms with Gasteiger partial charge < -0.3 is 14.2 Å². The summed E-state index contributed by atoms with van der Waals surface area (Å²) < 4.78 is 7.70. The van der Waals surface area contributed by atoms with Gasteiger partial charge in [0.1, 0.15) is 22.1 Å². The van der Waals surface area contributed by atoms with Gasteiger partial charge in [0.05, 0.1) is 23.9 Å². The van der Waals surface area contributed by atoms with Crippen LogP contribution in [-0.2, 0) is 9.59 Å². The number of Topliss-reactive ketones (excluding diaryl/α,β-unsaturated/α-hetero) is 1. The number of benzene rings is 1. The maximum absolute atomic E-state index is 13.4. The molecule has 5 rings (SSSR count). The lowest BCUT2D eigenvalue weighted by Crippen LogP contribution is -2.29. The van der Waals surface area contributed by atoms with E-state index in [0.717, 1.165) is 24.8 Å². The second kappa shape index (κ2) is 10.4. The first kappa shape index (κ1) is 25.6. The fourth-order valence-corrected chi connectivity index (χ4v) is 5.41. The van der Waals surface area contributed by atoms with Gasteiger partial charge in [0.2, 0.25) is 5.13 Å². The summed E-state index contributed by atoms with van der Waals surface area (Å²) in [5, 5.41) is 20.7. The number of pyridine rings is 1. The molecule has 10 heteroatoms. The monoisotopic (exact) mass is 531 g/mol. The number of aromatic nitrogens is 4. The molecule has 0 aliphatic carbocycles. The molecule has 0 bridgehead atoms. The van der Waals surface area contributed by atoms with Crippen LogP contribution in [0.2, 0.25) is 0 Å². The van der Waals surface area contributed by atoms with Gasteiger partial charge in [-0.05, 0) is 56.5 Å². The predicted molar refractivity (Wildman–Crippen MR) is 146 cm³/mol. The van der Waals surface area contributed by atoms with E-state index in [-0.39, 0.29) is 22.2 Å². The average molecular weight is 532 g/mol. The second-order valence-electron chi connectivity index (χ2n) is 9.33. The zero-order valence-electron chi connectivity index (χ0n) is 21.8.